The SMILES string of the molecule is O=[N+]([O-])c1ccc(O)cc1-c1cn[nH]c1. The third-order valence-corrected chi connectivity index (χ3v) is 1.99. The Morgan fingerprint density at radius 2 is 2.27 bits per heavy atom. The molecule has 1 aromatic heterocycles. The van der Waals surface area contributed by atoms with Crippen molar-refractivity contribution in [2.75, 3.05) is 0 Å². The molecule has 0 amide bonds. The summed E-state index contributed by atoms with van der Waals surface area (Å²) in [6.07, 6.45) is 2.99. The molecule has 0 saturated carbocycles. The Bertz CT molecular complexity index is 493. The summed E-state index contributed by atoms with van der Waals surface area (Å²) >= 11 is 0. The van der Waals surface area contributed by atoms with Crippen LogP contribution in [-0.2, 0) is 0 Å². The van der Waals surface area contributed by atoms with E-state index in [1.54, 1.807) is 0 Å². The monoisotopic (exact) mass is 205 g/mol. The molecule has 0 spiro atoms. The normalized spacial score (nSPS) is 10.1. The van der Waals surface area contributed by atoms with E-state index < -0.39 is 4.92 Å². The highest BCUT2D eigenvalue weighted by molar-refractivity contribution is 5.73. The molecule has 0 fully saturated rings. The number of phenolic OH excluding ortho intramolecular Hbond substituents is 1. The quantitative estimate of drug-likeness (QED) is 0.576. The summed E-state index contributed by atoms with van der Waals surface area (Å²) in [5.41, 5.74) is 0.848. The topological polar surface area (TPSA) is 92.1 Å². The summed E-state index contributed by atoms with van der Waals surface area (Å²) < 4.78 is 0. The van der Waals surface area contributed by atoms with Crippen LogP contribution in [0.15, 0.2) is 30.6 Å². The van der Waals surface area contributed by atoms with E-state index >= 15 is 0 Å². The van der Waals surface area contributed by atoms with Gasteiger partial charge in [-0.2, -0.15) is 5.10 Å². The number of nitrogens with zero attached hydrogens (tertiary/aromatic N) is 2. The maximum absolute atomic E-state index is 10.7. The Labute approximate surface area is 84.3 Å². The molecule has 0 unspecified atom stereocenters. The molecule has 6 nitrogen and oxygen atoms in total. The molecule has 76 valence electrons. The summed E-state index contributed by atoms with van der Waals surface area (Å²) in [5.74, 6) is -0.0169. The van der Waals surface area contributed by atoms with Crippen LogP contribution >= 0.6 is 0 Å². The fraction of sp³-hybridized carbons (Fsp3) is 0. The minimum Gasteiger partial charge on any atom is -0.508 e. The number of aromatic nitrogens is 2. The first-order valence-electron chi connectivity index (χ1n) is 4.15. The van der Waals surface area contributed by atoms with Crippen molar-refractivity contribution in [1.82, 2.24) is 10.2 Å². The van der Waals surface area contributed by atoms with E-state index in [4.69, 9.17) is 0 Å². The van der Waals surface area contributed by atoms with E-state index in [1.165, 1.54) is 30.6 Å². The lowest BCUT2D eigenvalue weighted by Crippen LogP contribution is -1.90. The second kappa shape index (κ2) is 3.41. The van der Waals surface area contributed by atoms with Gasteiger partial charge in [0, 0.05) is 17.8 Å². The van der Waals surface area contributed by atoms with Crippen LogP contribution < -0.4 is 0 Å². The maximum atomic E-state index is 10.7. The number of rotatable bonds is 2. The number of H-pyrrole nitrogens is 1. The lowest BCUT2D eigenvalue weighted by Gasteiger charge is -2.00. The highest BCUT2D eigenvalue weighted by Crippen LogP contribution is 2.31. The van der Waals surface area contributed by atoms with Gasteiger partial charge in [-0.15, -0.1) is 0 Å². The van der Waals surface area contributed by atoms with Gasteiger partial charge in [-0.25, -0.2) is 0 Å². The standard InChI is InChI=1S/C9H7N3O3/c13-7-1-2-9(12(14)15)8(3-7)6-4-10-11-5-6/h1-5,13H,(H,10,11). The summed E-state index contributed by atoms with van der Waals surface area (Å²) in [5, 5.41) is 26.2. The Balaban J connectivity index is 2.63. The number of hydrogen-bond donors (Lipinski definition) is 2. The number of aromatic amines is 1. The van der Waals surface area contributed by atoms with Crippen molar-refractivity contribution in [3.8, 4) is 16.9 Å². The number of aromatic hydroxyl groups is 1. The molecule has 2 rings (SSSR count). The van der Waals surface area contributed by atoms with E-state index in [2.05, 4.69) is 10.2 Å². The van der Waals surface area contributed by atoms with Crippen molar-refractivity contribution in [3.63, 3.8) is 0 Å². The first-order chi connectivity index (χ1) is 7.18. The predicted molar refractivity (Wildman–Crippen MR) is 52.3 cm³/mol. The molecule has 0 atom stereocenters. The largest absolute Gasteiger partial charge is 0.508 e. The van der Waals surface area contributed by atoms with Gasteiger partial charge in [-0.1, -0.05) is 0 Å². The molecule has 0 aliphatic rings. The third kappa shape index (κ3) is 1.64. The van der Waals surface area contributed by atoms with Crippen molar-refractivity contribution < 1.29 is 10.0 Å². The highest BCUT2D eigenvalue weighted by atomic mass is 16.6. The molecule has 0 aliphatic heterocycles. The second-order valence-corrected chi connectivity index (χ2v) is 2.95. The minimum atomic E-state index is -0.498. The van der Waals surface area contributed by atoms with Gasteiger partial charge in [-0.3, -0.25) is 15.2 Å². The summed E-state index contributed by atoms with van der Waals surface area (Å²) in [6, 6.07) is 3.88. The second-order valence-electron chi connectivity index (χ2n) is 2.95. The van der Waals surface area contributed by atoms with Crippen LogP contribution in [0.3, 0.4) is 0 Å². The van der Waals surface area contributed by atoms with Gasteiger partial charge in [0.25, 0.3) is 5.69 Å². The number of nitro benzene ring substituents is 1. The molecule has 0 bridgehead atoms. The predicted octanol–water partition coefficient (Wildman–Crippen LogP) is 1.69. The minimum absolute atomic E-state index is 0.0169. The van der Waals surface area contributed by atoms with Crippen LogP contribution in [-0.4, -0.2) is 20.2 Å². The van der Waals surface area contributed by atoms with E-state index in [0.717, 1.165) is 0 Å². The fourth-order valence-corrected chi connectivity index (χ4v) is 1.31. The molecule has 2 aromatic rings. The molecule has 15 heavy (non-hydrogen) atoms. The van der Waals surface area contributed by atoms with Crippen molar-refractivity contribution in [2.24, 2.45) is 0 Å². The van der Waals surface area contributed by atoms with Gasteiger partial charge in [0.2, 0.25) is 0 Å². The molecular weight excluding hydrogens is 198 g/mol. The van der Waals surface area contributed by atoms with E-state index in [-0.39, 0.29) is 11.4 Å². The number of phenols is 1. The van der Waals surface area contributed by atoms with Crippen LogP contribution in [0.5, 0.6) is 5.75 Å². The zero-order valence-electron chi connectivity index (χ0n) is 7.54. The van der Waals surface area contributed by atoms with Crippen LogP contribution in [0.2, 0.25) is 0 Å². The Morgan fingerprint density at radius 3 is 2.87 bits per heavy atom. The number of benzene rings is 1. The molecule has 1 heterocycles. The molecular formula is C9H7N3O3. The zero-order chi connectivity index (χ0) is 10.8. The Hall–Kier alpha value is -2.37. The summed E-state index contributed by atoms with van der Waals surface area (Å²) in [6.45, 7) is 0. The fourth-order valence-electron chi connectivity index (χ4n) is 1.31. The molecule has 2 N–H and O–H groups in total. The third-order valence-electron chi connectivity index (χ3n) is 1.99. The van der Waals surface area contributed by atoms with Crippen molar-refractivity contribution in [1.29, 1.82) is 0 Å². The van der Waals surface area contributed by atoms with Crippen molar-refractivity contribution in [3.05, 3.63) is 40.7 Å². The highest BCUT2D eigenvalue weighted by Gasteiger charge is 2.16. The maximum Gasteiger partial charge on any atom is 0.277 e. The average Bonchev–Trinajstić information content (AvgIpc) is 2.69. The summed E-state index contributed by atoms with van der Waals surface area (Å²) in [4.78, 5) is 10.2. The van der Waals surface area contributed by atoms with Crippen LogP contribution in [0, 0.1) is 10.1 Å². The van der Waals surface area contributed by atoms with E-state index in [9.17, 15) is 15.2 Å². The van der Waals surface area contributed by atoms with Gasteiger partial charge in [0.05, 0.1) is 16.7 Å². The number of hydrogen-bond acceptors (Lipinski definition) is 4. The Morgan fingerprint density at radius 1 is 1.47 bits per heavy atom. The molecule has 6 heteroatoms. The molecule has 0 radical (unpaired) electrons. The lowest BCUT2D eigenvalue weighted by molar-refractivity contribution is -0.384. The summed E-state index contributed by atoms with van der Waals surface area (Å²) in [7, 11) is 0. The Kier molecular flexibility index (Phi) is 2.09. The van der Waals surface area contributed by atoms with E-state index in [0.29, 0.717) is 11.1 Å². The van der Waals surface area contributed by atoms with Gasteiger partial charge >= 0.3 is 0 Å². The van der Waals surface area contributed by atoms with Gasteiger partial charge in [0.1, 0.15) is 5.75 Å². The van der Waals surface area contributed by atoms with Crippen molar-refractivity contribution in [2.45, 2.75) is 0 Å². The van der Waals surface area contributed by atoms with E-state index in [1.807, 2.05) is 0 Å². The smallest absolute Gasteiger partial charge is 0.277 e. The molecule has 1 aromatic carbocycles. The van der Waals surface area contributed by atoms with Crippen molar-refractivity contribution >= 4 is 5.69 Å². The number of nitro groups is 1. The molecule has 0 saturated heterocycles. The number of nitrogens with one attached hydrogen (secondary N) is 1. The first kappa shape index (κ1) is 9.20. The lowest BCUT2D eigenvalue weighted by atomic mass is 10.1. The van der Waals surface area contributed by atoms with Crippen LogP contribution in [0.25, 0.3) is 11.1 Å². The van der Waals surface area contributed by atoms with Gasteiger partial charge in [-0.05, 0) is 12.1 Å². The van der Waals surface area contributed by atoms with Gasteiger partial charge < -0.3 is 5.11 Å². The first-order valence-corrected chi connectivity index (χ1v) is 4.15. The average molecular weight is 205 g/mol. The van der Waals surface area contributed by atoms with Crippen LogP contribution in [0.4, 0.5) is 5.69 Å². The van der Waals surface area contributed by atoms with Gasteiger partial charge in [0.15, 0.2) is 0 Å². The zero-order valence-corrected chi connectivity index (χ0v) is 7.54. The molecule has 0 aliphatic carbocycles. The van der Waals surface area contributed by atoms with Crippen LogP contribution in [0.1, 0.15) is 0 Å².